The van der Waals surface area contributed by atoms with E-state index in [0.29, 0.717) is 12.8 Å². The first kappa shape index (κ1) is 19.5. The van der Waals surface area contributed by atoms with Gasteiger partial charge in [0, 0.05) is 23.9 Å². The molecule has 1 amide bonds. The van der Waals surface area contributed by atoms with Gasteiger partial charge in [-0.2, -0.15) is 0 Å². The number of hydrogen-bond acceptors (Lipinski definition) is 6. The Hall–Kier alpha value is -2.22. The Morgan fingerprint density at radius 2 is 1.93 bits per heavy atom. The first-order chi connectivity index (χ1) is 12.8. The van der Waals surface area contributed by atoms with Crippen LogP contribution in [0, 0.1) is 25.7 Å². The Labute approximate surface area is 162 Å². The van der Waals surface area contributed by atoms with Gasteiger partial charge in [0.05, 0.1) is 5.39 Å². The second kappa shape index (κ2) is 7.80. The molecule has 0 radical (unpaired) electrons. The molecule has 146 valence electrons. The number of nitrogens with one attached hydrogen (secondary N) is 1. The minimum absolute atomic E-state index is 0.148. The van der Waals surface area contributed by atoms with Crippen LogP contribution in [0.2, 0.25) is 0 Å². The number of nitrogens with zero attached hydrogens (tertiary/aromatic N) is 3. The normalized spacial score (nSPS) is 16.7. The number of anilines is 1. The molecule has 1 saturated heterocycles. The van der Waals surface area contributed by atoms with Crippen molar-refractivity contribution in [1.29, 1.82) is 0 Å². The molecule has 7 nitrogen and oxygen atoms in total. The maximum Gasteiger partial charge on any atom is 0.326 e. The van der Waals surface area contributed by atoms with E-state index < -0.39 is 12.0 Å². The van der Waals surface area contributed by atoms with Gasteiger partial charge in [-0.1, -0.05) is 13.8 Å². The summed E-state index contributed by atoms with van der Waals surface area (Å²) in [6, 6.07) is -0.839. The highest BCUT2D eigenvalue weighted by Gasteiger charge is 2.31. The van der Waals surface area contributed by atoms with Crippen LogP contribution in [0.4, 0.5) is 5.82 Å². The summed E-state index contributed by atoms with van der Waals surface area (Å²) in [6.45, 7) is 9.23. The molecule has 0 aliphatic carbocycles. The maximum absolute atomic E-state index is 12.5. The number of rotatable bonds is 5. The fraction of sp³-hybridized carbons (Fsp3) is 0.579. The molecule has 1 aliphatic rings. The van der Waals surface area contributed by atoms with Crippen LogP contribution in [0.15, 0.2) is 6.33 Å². The molecular weight excluding hydrogens is 364 g/mol. The topological polar surface area (TPSA) is 95.4 Å². The average molecular weight is 391 g/mol. The molecule has 1 unspecified atom stereocenters. The third-order valence-corrected chi connectivity index (χ3v) is 6.46. The van der Waals surface area contributed by atoms with Crippen molar-refractivity contribution in [3.05, 3.63) is 16.8 Å². The number of amides is 1. The fourth-order valence-corrected chi connectivity index (χ4v) is 4.53. The quantitative estimate of drug-likeness (QED) is 0.815. The van der Waals surface area contributed by atoms with Crippen LogP contribution in [0.5, 0.6) is 0 Å². The Morgan fingerprint density at radius 3 is 2.52 bits per heavy atom. The van der Waals surface area contributed by atoms with Crippen LogP contribution in [-0.2, 0) is 9.59 Å². The van der Waals surface area contributed by atoms with E-state index in [1.165, 1.54) is 10.4 Å². The van der Waals surface area contributed by atoms with Crippen molar-refractivity contribution in [1.82, 2.24) is 15.3 Å². The number of carbonyl (C=O) groups excluding carboxylic acids is 1. The highest BCUT2D eigenvalue weighted by molar-refractivity contribution is 7.18. The second-order valence-corrected chi connectivity index (χ2v) is 8.69. The molecule has 0 spiro atoms. The van der Waals surface area contributed by atoms with Gasteiger partial charge in [-0.15, -0.1) is 11.3 Å². The van der Waals surface area contributed by atoms with Gasteiger partial charge in [-0.05, 0) is 38.2 Å². The van der Waals surface area contributed by atoms with E-state index in [0.717, 1.165) is 29.1 Å². The average Bonchev–Trinajstić information content (AvgIpc) is 2.93. The van der Waals surface area contributed by atoms with Crippen molar-refractivity contribution in [3.8, 4) is 0 Å². The summed E-state index contributed by atoms with van der Waals surface area (Å²) in [5.41, 5.74) is 1.21. The SMILES string of the molecule is Cc1sc2ncnc(N3CCC(C(=O)NC(C(=O)O)C(C)C)CC3)c2c1C. The van der Waals surface area contributed by atoms with Crippen molar-refractivity contribution in [3.63, 3.8) is 0 Å². The lowest BCUT2D eigenvalue weighted by atomic mass is 9.94. The molecule has 0 bridgehead atoms. The van der Waals surface area contributed by atoms with Crippen molar-refractivity contribution >= 4 is 39.2 Å². The third-order valence-electron chi connectivity index (χ3n) is 5.34. The van der Waals surface area contributed by atoms with Gasteiger partial charge in [0.15, 0.2) is 0 Å². The van der Waals surface area contributed by atoms with Crippen LogP contribution >= 0.6 is 11.3 Å². The van der Waals surface area contributed by atoms with E-state index in [2.05, 4.69) is 34.0 Å². The zero-order chi connectivity index (χ0) is 19.7. The second-order valence-electron chi connectivity index (χ2n) is 7.49. The molecule has 0 saturated carbocycles. The molecule has 2 aromatic heterocycles. The number of hydrogen-bond donors (Lipinski definition) is 2. The Balaban J connectivity index is 1.69. The van der Waals surface area contributed by atoms with Crippen molar-refractivity contribution in [2.24, 2.45) is 11.8 Å². The van der Waals surface area contributed by atoms with Crippen molar-refractivity contribution in [2.75, 3.05) is 18.0 Å². The van der Waals surface area contributed by atoms with Gasteiger partial charge in [0.2, 0.25) is 5.91 Å². The molecule has 1 aliphatic heterocycles. The zero-order valence-corrected chi connectivity index (χ0v) is 17.0. The smallest absolute Gasteiger partial charge is 0.326 e. The van der Waals surface area contributed by atoms with Gasteiger partial charge >= 0.3 is 5.97 Å². The number of thiophene rings is 1. The number of piperidine rings is 1. The van der Waals surface area contributed by atoms with Gasteiger partial charge in [-0.25, -0.2) is 14.8 Å². The molecule has 2 N–H and O–H groups in total. The van der Waals surface area contributed by atoms with Gasteiger partial charge in [0.1, 0.15) is 23.0 Å². The third kappa shape index (κ3) is 3.90. The fourth-order valence-electron chi connectivity index (χ4n) is 3.54. The molecule has 27 heavy (non-hydrogen) atoms. The largest absolute Gasteiger partial charge is 0.480 e. The molecule has 8 heteroatoms. The lowest BCUT2D eigenvalue weighted by Gasteiger charge is -2.33. The number of carbonyl (C=O) groups is 2. The Morgan fingerprint density at radius 1 is 1.26 bits per heavy atom. The summed E-state index contributed by atoms with van der Waals surface area (Å²) in [7, 11) is 0. The van der Waals surface area contributed by atoms with E-state index in [1.807, 2.05) is 0 Å². The number of carboxylic acids is 1. The molecule has 0 aromatic carbocycles. The lowest BCUT2D eigenvalue weighted by Crippen LogP contribution is -2.48. The van der Waals surface area contributed by atoms with E-state index >= 15 is 0 Å². The molecule has 3 rings (SSSR count). The predicted molar refractivity (Wildman–Crippen MR) is 106 cm³/mol. The number of aliphatic carboxylic acids is 1. The number of fused-ring (bicyclic) bond motifs is 1. The van der Waals surface area contributed by atoms with E-state index in [-0.39, 0.29) is 17.7 Å². The van der Waals surface area contributed by atoms with E-state index in [1.54, 1.807) is 31.5 Å². The van der Waals surface area contributed by atoms with E-state index in [4.69, 9.17) is 0 Å². The molecule has 3 heterocycles. The monoisotopic (exact) mass is 390 g/mol. The zero-order valence-electron chi connectivity index (χ0n) is 16.2. The minimum Gasteiger partial charge on any atom is -0.480 e. The highest BCUT2D eigenvalue weighted by atomic mass is 32.1. The first-order valence-corrected chi connectivity index (χ1v) is 10.1. The van der Waals surface area contributed by atoms with Crippen LogP contribution < -0.4 is 10.2 Å². The summed E-state index contributed by atoms with van der Waals surface area (Å²) < 4.78 is 0. The summed E-state index contributed by atoms with van der Waals surface area (Å²) >= 11 is 1.68. The van der Waals surface area contributed by atoms with E-state index in [9.17, 15) is 14.7 Å². The number of carboxylic acid groups (broad SMARTS) is 1. The maximum atomic E-state index is 12.5. The molecule has 1 fully saturated rings. The minimum atomic E-state index is -0.984. The molecule has 2 aromatic rings. The molecule has 1 atom stereocenters. The lowest BCUT2D eigenvalue weighted by molar-refractivity contribution is -0.143. The number of aryl methyl sites for hydroxylation is 2. The van der Waals surface area contributed by atoms with Crippen LogP contribution in [-0.4, -0.2) is 46.1 Å². The number of aromatic nitrogens is 2. The summed E-state index contributed by atoms with van der Waals surface area (Å²) in [6.07, 6.45) is 2.97. The Kier molecular flexibility index (Phi) is 5.64. The van der Waals surface area contributed by atoms with Gasteiger partial charge in [-0.3, -0.25) is 4.79 Å². The highest BCUT2D eigenvalue weighted by Crippen LogP contribution is 2.35. The van der Waals surface area contributed by atoms with Crippen molar-refractivity contribution in [2.45, 2.75) is 46.6 Å². The van der Waals surface area contributed by atoms with Gasteiger partial charge < -0.3 is 15.3 Å². The van der Waals surface area contributed by atoms with Crippen molar-refractivity contribution < 1.29 is 14.7 Å². The predicted octanol–water partition coefficient (Wildman–Crippen LogP) is 2.75. The summed E-state index contributed by atoms with van der Waals surface area (Å²) in [4.78, 5) is 37.2. The summed E-state index contributed by atoms with van der Waals surface area (Å²) in [5.74, 6) is -0.518. The van der Waals surface area contributed by atoms with Crippen LogP contribution in [0.25, 0.3) is 10.2 Å². The standard InChI is InChI=1S/C19H26N4O3S/c1-10(2)15(19(25)26)22-17(24)13-5-7-23(8-6-13)16-14-11(3)12(4)27-18(14)21-9-20-16/h9-10,13,15H,5-8H2,1-4H3,(H,22,24)(H,25,26). The molecular formula is C19H26N4O3S. The van der Waals surface area contributed by atoms with Crippen LogP contribution in [0.1, 0.15) is 37.1 Å². The first-order valence-electron chi connectivity index (χ1n) is 9.28. The van der Waals surface area contributed by atoms with Crippen LogP contribution in [0.3, 0.4) is 0 Å². The Bertz CT molecular complexity index is 856. The van der Waals surface area contributed by atoms with Gasteiger partial charge in [0.25, 0.3) is 0 Å². The summed E-state index contributed by atoms with van der Waals surface area (Å²) in [5, 5.41) is 13.1.